The van der Waals surface area contributed by atoms with Gasteiger partial charge in [0.2, 0.25) is 0 Å². The van der Waals surface area contributed by atoms with E-state index >= 15 is 0 Å². The van der Waals surface area contributed by atoms with Gasteiger partial charge >= 0.3 is 23.9 Å². The van der Waals surface area contributed by atoms with Gasteiger partial charge in [-0.25, -0.2) is 0 Å². The largest absolute Gasteiger partial charge is 4.00 e. The van der Waals surface area contributed by atoms with E-state index in [4.69, 9.17) is 20.1 Å². The summed E-state index contributed by atoms with van der Waals surface area (Å²) in [4.78, 5) is 0. The number of hydrogen-bond donors (Lipinski definition) is 0. The van der Waals surface area contributed by atoms with Crippen LogP contribution < -0.4 is 20.1 Å². The Kier molecular flexibility index (Phi) is 20.7. The maximum Gasteiger partial charge on any atom is 4.00 e. The van der Waals surface area contributed by atoms with E-state index in [-0.39, 0.29) is 23.9 Å². The molecule has 48 valence electrons. The van der Waals surface area contributed by atoms with Crippen LogP contribution in [0.3, 0.4) is 0 Å². The van der Waals surface area contributed by atoms with Crippen molar-refractivity contribution < 1.29 is 28.7 Å². The van der Waals surface area contributed by atoms with Crippen molar-refractivity contribution in [2.24, 2.45) is 0 Å². The van der Waals surface area contributed by atoms with Crippen molar-refractivity contribution in [3.63, 3.8) is 0 Å². The van der Waals surface area contributed by atoms with Crippen LogP contribution in [0, 0.1) is 0 Å². The molecule has 9 heteroatoms. The molecule has 4 nitrogen and oxygen atoms in total. The minimum Gasteiger partial charge on any atom is -0.867 e. The van der Waals surface area contributed by atoms with Gasteiger partial charge < -0.3 is 28.7 Å². The fourth-order valence-electron chi connectivity index (χ4n) is 0. The fraction of sp³-hybridized carbons (Fsp3) is 0. The second-order valence-corrected chi connectivity index (χ2v) is 0.549. The second kappa shape index (κ2) is 11.4. The SMILES string of the molecule is [O-]B([O-])F.[O-]B([O-])F.[Sn+4]. The summed E-state index contributed by atoms with van der Waals surface area (Å²) >= 11 is 0. The van der Waals surface area contributed by atoms with Crippen LogP contribution in [-0.2, 0) is 0 Å². The summed E-state index contributed by atoms with van der Waals surface area (Å²) in [5.41, 5.74) is 0. The van der Waals surface area contributed by atoms with Crippen LogP contribution in [0.5, 0.6) is 0 Å². The van der Waals surface area contributed by atoms with Crippen LogP contribution in [-0.4, -0.2) is 38.7 Å². The second-order valence-electron chi connectivity index (χ2n) is 0.549. The third kappa shape index (κ3) is 960. The zero-order valence-electron chi connectivity index (χ0n) is 4.04. The predicted molar refractivity (Wildman–Crippen MR) is 19.5 cm³/mol. The first-order chi connectivity index (χ1) is 3.46. The molecular weight excluding hydrogens is 242 g/mol. The number of rotatable bonds is 0. The summed E-state index contributed by atoms with van der Waals surface area (Å²) in [7, 11) is -6.33. The Morgan fingerprint density at radius 1 is 0.778 bits per heavy atom. The van der Waals surface area contributed by atoms with E-state index in [1.165, 1.54) is 0 Å². The first-order valence-corrected chi connectivity index (χ1v) is 1.38. The van der Waals surface area contributed by atoms with Crippen LogP contribution in [0.4, 0.5) is 8.63 Å². The molecule has 0 aromatic heterocycles. The van der Waals surface area contributed by atoms with Crippen molar-refractivity contribution in [1.29, 1.82) is 0 Å². The normalized spacial score (nSPS) is 6.00. The molecule has 0 aromatic rings. The molecular formula is B2F2O4Sn. The van der Waals surface area contributed by atoms with Gasteiger partial charge in [-0.15, -0.1) is 0 Å². The molecule has 0 N–H and O–H groups in total. The molecule has 0 saturated carbocycles. The molecule has 0 aromatic carbocycles. The maximum absolute atomic E-state index is 9.89. The summed E-state index contributed by atoms with van der Waals surface area (Å²) in [5, 5.41) is 33.2. The molecule has 0 radical (unpaired) electrons. The molecule has 0 aliphatic heterocycles. The van der Waals surface area contributed by atoms with Crippen LogP contribution in [0.25, 0.3) is 0 Å². The average molecular weight is 242 g/mol. The van der Waals surface area contributed by atoms with E-state index in [1.807, 2.05) is 0 Å². The molecule has 0 saturated heterocycles. The van der Waals surface area contributed by atoms with Gasteiger partial charge in [0.1, 0.15) is 14.8 Å². The Balaban J connectivity index is -0.0000000720. The molecule has 0 spiro atoms. The zero-order chi connectivity index (χ0) is 7.15. The van der Waals surface area contributed by atoms with Crippen molar-refractivity contribution >= 4 is 38.7 Å². The minimum atomic E-state index is -3.17. The van der Waals surface area contributed by atoms with E-state index in [0.717, 1.165) is 0 Å². The molecule has 0 heterocycles. The Morgan fingerprint density at radius 2 is 0.778 bits per heavy atom. The Bertz CT molecular complexity index is 32.0. The predicted octanol–water partition coefficient (Wildman–Crippen LogP) is -5.06. The standard InChI is InChI=1S/2BFO2.Sn/c2*2-1(3)4;/q2*-2;+4. The smallest absolute Gasteiger partial charge is 0.867 e. The third-order valence-electron chi connectivity index (χ3n) is 0. The van der Waals surface area contributed by atoms with E-state index < -0.39 is 14.8 Å². The molecule has 0 bridgehead atoms. The topological polar surface area (TPSA) is 92.2 Å². The number of hydrogen-bond acceptors (Lipinski definition) is 4. The van der Waals surface area contributed by atoms with Gasteiger partial charge in [0.25, 0.3) is 0 Å². The molecule has 0 amide bonds. The average Bonchev–Trinajstić information content (AvgIpc) is 1.25. The summed E-state index contributed by atoms with van der Waals surface area (Å²) in [5.74, 6) is 0. The van der Waals surface area contributed by atoms with E-state index in [9.17, 15) is 8.63 Å². The van der Waals surface area contributed by atoms with Crippen molar-refractivity contribution in [3.05, 3.63) is 0 Å². The monoisotopic (exact) mass is 244 g/mol. The molecule has 9 heavy (non-hydrogen) atoms. The van der Waals surface area contributed by atoms with Gasteiger partial charge in [-0.05, 0) is 0 Å². The molecule has 0 unspecified atom stereocenters. The van der Waals surface area contributed by atoms with E-state index in [0.29, 0.717) is 0 Å². The van der Waals surface area contributed by atoms with Crippen molar-refractivity contribution in [2.75, 3.05) is 0 Å². The first kappa shape index (κ1) is 16.3. The molecule has 0 atom stereocenters. The van der Waals surface area contributed by atoms with Crippen LogP contribution >= 0.6 is 0 Å². The van der Waals surface area contributed by atoms with Crippen molar-refractivity contribution in [3.8, 4) is 0 Å². The van der Waals surface area contributed by atoms with Gasteiger partial charge in [0.15, 0.2) is 0 Å². The zero-order valence-corrected chi connectivity index (χ0v) is 6.90. The molecule has 0 aliphatic carbocycles. The van der Waals surface area contributed by atoms with Gasteiger partial charge in [0.05, 0.1) is 0 Å². The number of halogens is 2. The molecule has 0 rings (SSSR count). The summed E-state index contributed by atoms with van der Waals surface area (Å²) in [6, 6.07) is 0. The van der Waals surface area contributed by atoms with E-state index in [1.54, 1.807) is 0 Å². The van der Waals surface area contributed by atoms with Gasteiger partial charge in [-0.2, -0.15) is 0 Å². The summed E-state index contributed by atoms with van der Waals surface area (Å²) in [6.45, 7) is 0. The van der Waals surface area contributed by atoms with Crippen molar-refractivity contribution in [2.45, 2.75) is 0 Å². The first-order valence-electron chi connectivity index (χ1n) is 1.38. The van der Waals surface area contributed by atoms with Crippen LogP contribution in [0.1, 0.15) is 0 Å². The quantitative estimate of drug-likeness (QED) is 0.397. The Morgan fingerprint density at radius 3 is 0.778 bits per heavy atom. The van der Waals surface area contributed by atoms with Gasteiger partial charge in [0, 0.05) is 0 Å². The van der Waals surface area contributed by atoms with Gasteiger partial charge in [-0.1, -0.05) is 0 Å². The Hall–Kier alpha value is 0.629. The minimum absolute atomic E-state index is 0. The van der Waals surface area contributed by atoms with Gasteiger partial charge in [-0.3, -0.25) is 0 Å². The van der Waals surface area contributed by atoms with Crippen molar-refractivity contribution in [1.82, 2.24) is 0 Å². The summed E-state index contributed by atoms with van der Waals surface area (Å²) < 4.78 is 19.8. The third-order valence-corrected chi connectivity index (χ3v) is 0. The van der Waals surface area contributed by atoms with Crippen LogP contribution in [0.15, 0.2) is 0 Å². The van der Waals surface area contributed by atoms with E-state index in [2.05, 4.69) is 0 Å². The fourth-order valence-corrected chi connectivity index (χ4v) is 0. The maximum atomic E-state index is 9.89. The Labute approximate surface area is 67.9 Å². The van der Waals surface area contributed by atoms with Crippen LogP contribution in [0.2, 0.25) is 0 Å². The summed E-state index contributed by atoms with van der Waals surface area (Å²) in [6.07, 6.45) is 0. The molecule has 0 aliphatic rings. The molecule has 0 fully saturated rings.